The molecule has 2 fully saturated rings. The van der Waals surface area contributed by atoms with Crippen molar-refractivity contribution in [2.45, 2.75) is 57.2 Å². The number of carbonyl (C=O) groups excluding carboxylic acids is 1. The minimum Gasteiger partial charge on any atom is -0.486 e. The Morgan fingerprint density at radius 1 is 1.06 bits per heavy atom. The van der Waals surface area contributed by atoms with E-state index in [-0.39, 0.29) is 18.2 Å². The van der Waals surface area contributed by atoms with Gasteiger partial charge in [0.05, 0.1) is 6.04 Å². The number of ether oxygens (including phenoxy) is 3. The van der Waals surface area contributed by atoms with Crippen LogP contribution in [0.1, 0.15) is 55.7 Å². The molecule has 1 aromatic carbocycles. The molecule has 1 saturated carbocycles. The SMILES string of the molecule is O=C(NCc1ccnc(OC2CCCC2)c1)N1CCCC1c1ccc2c(c1)OCCO2. The number of carbonyl (C=O) groups is 1. The predicted octanol–water partition coefficient (Wildman–Crippen LogP) is 4.22. The maximum absolute atomic E-state index is 13.0. The lowest BCUT2D eigenvalue weighted by molar-refractivity contribution is 0.170. The number of likely N-dealkylation sites (tertiary alicyclic amines) is 1. The van der Waals surface area contributed by atoms with E-state index in [1.807, 2.05) is 35.2 Å². The van der Waals surface area contributed by atoms with E-state index in [1.165, 1.54) is 12.8 Å². The van der Waals surface area contributed by atoms with Crippen molar-refractivity contribution in [2.24, 2.45) is 0 Å². The molecule has 3 aliphatic rings. The van der Waals surface area contributed by atoms with Crippen molar-refractivity contribution < 1.29 is 19.0 Å². The molecule has 3 heterocycles. The second-order valence-electron chi connectivity index (χ2n) is 8.44. The largest absolute Gasteiger partial charge is 0.486 e. The number of benzene rings is 1. The van der Waals surface area contributed by atoms with Gasteiger partial charge in [0.25, 0.3) is 0 Å². The molecular weight excluding hydrogens is 394 g/mol. The number of rotatable bonds is 5. The first-order valence-corrected chi connectivity index (χ1v) is 11.3. The second-order valence-corrected chi connectivity index (χ2v) is 8.44. The lowest BCUT2D eigenvalue weighted by Gasteiger charge is -2.27. The standard InChI is InChI=1S/C24H29N3O4/c28-24(26-16-17-9-10-25-23(14-17)31-19-4-1-2-5-19)27-11-3-6-20(27)18-7-8-21-22(15-18)30-13-12-29-21/h7-10,14-15,19-20H,1-6,11-13,16H2,(H,26,28). The summed E-state index contributed by atoms with van der Waals surface area (Å²) in [5, 5.41) is 3.07. The number of nitrogens with zero attached hydrogens (tertiary/aromatic N) is 2. The van der Waals surface area contributed by atoms with Gasteiger partial charge in [0, 0.05) is 25.4 Å². The average Bonchev–Trinajstić information content (AvgIpc) is 3.50. The molecule has 5 rings (SSSR count). The zero-order valence-corrected chi connectivity index (χ0v) is 17.7. The van der Waals surface area contributed by atoms with Crippen molar-refractivity contribution in [3.05, 3.63) is 47.7 Å². The van der Waals surface area contributed by atoms with Crippen LogP contribution in [0.4, 0.5) is 4.79 Å². The summed E-state index contributed by atoms with van der Waals surface area (Å²) < 4.78 is 17.3. The summed E-state index contributed by atoms with van der Waals surface area (Å²) >= 11 is 0. The maximum Gasteiger partial charge on any atom is 0.318 e. The summed E-state index contributed by atoms with van der Waals surface area (Å²) in [6, 6.07) is 9.85. The monoisotopic (exact) mass is 423 g/mol. The zero-order chi connectivity index (χ0) is 21.0. The summed E-state index contributed by atoms with van der Waals surface area (Å²) in [6.07, 6.45) is 8.59. The fourth-order valence-electron chi connectivity index (χ4n) is 4.70. The number of fused-ring (bicyclic) bond motifs is 1. The van der Waals surface area contributed by atoms with E-state index in [1.54, 1.807) is 6.20 Å². The smallest absolute Gasteiger partial charge is 0.318 e. The quantitative estimate of drug-likeness (QED) is 0.780. The molecule has 0 bridgehead atoms. The third-order valence-corrected chi connectivity index (χ3v) is 6.30. The number of nitrogens with one attached hydrogen (secondary N) is 1. The van der Waals surface area contributed by atoms with E-state index in [4.69, 9.17) is 14.2 Å². The third kappa shape index (κ3) is 4.55. The van der Waals surface area contributed by atoms with Crippen LogP contribution in [-0.4, -0.2) is 41.8 Å². The van der Waals surface area contributed by atoms with Crippen LogP contribution in [0.15, 0.2) is 36.5 Å². The molecule has 31 heavy (non-hydrogen) atoms. The van der Waals surface area contributed by atoms with Crippen molar-refractivity contribution in [1.29, 1.82) is 0 Å². The molecule has 0 spiro atoms. The van der Waals surface area contributed by atoms with Crippen LogP contribution in [0.25, 0.3) is 0 Å². The van der Waals surface area contributed by atoms with Gasteiger partial charge in [-0.3, -0.25) is 0 Å². The van der Waals surface area contributed by atoms with E-state index in [0.29, 0.717) is 25.6 Å². The number of aromatic nitrogens is 1. The summed E-state index contributed by atoms with van der Waals surface area (Å²) in [6.45, 7) is 2.33. The molecule has 1 aliphatic carbocycles. The minimum atomic E-state index is -0.0486. The van der Waals surface area contributed by atoms with Gasteiger partial charge in [0.1, 0.15) is 19.3 Å². The molecule has 7 nitrogen and oxygen atoms in total. The van der Waals surface area contributed by atoms with Crippen LogP contribution in [0.5, 0.6) is 17.4 Å². The van der Waals surface area contributed by atoms with Gasteiger partial charge in [-0.2, -0.15) is 0 Å². The molecule has 1 aromatic heterocycles. The predicted molar refractivity (Wildman–Crippen MR) is 115 cm³/mol. The van der Waals surface area contributed by atoms with E-state index < -0.39 is 0 Å². The van der Waals surface area contributed by atoms with Gasteiger partial charge in [0.2, 0.25) is 5.88 Å². The van der Waals surface area contributed by atoms with Crippen molar-refractivity contribution >= 4 is 6.03 Å². The highest BCUT2D eigenvalue weighted by atomic mass is 16.6. The highest BCUT2D eigenvalue weighted by Gasteiger charge is 2.31. The highest BCUT2D eigenvalue weighted by Crippen LogP contribution is 2.38. The van der Waals surface area contributed by atoms with Crippen LogP contribution in [-0.2, 0) is 6.54 Å². The van der Waals surface area contributed by atoms with Gasteiger partial charge >= 0.3 is 6.03 Å². The average molecular weight is 424 g/mol. The maximum atomic E-state index is 13.0. The molecule has 164 valence electrons. The van der Waals surface area contributed by atoms with E-state index in [9.17, 15) is 4.79 Å². The Morgan fingerprint density at radius 2 is 1.90 bits per heavy atom. The lowest BCUT2D eigenvalue weighted by Crippen LogP contribution is -2.39. The van der Waals surface area contributed by atoms with Gasteiger partial charge in [-0.15, -0.1) is 0 Å². The Labute approximate surface area is 182 Å². The minimum absolute atomic E-state index is 0.0486. The molecule has 7 heteroatoms. The molecule has 0 radical (unpaired) electrons. The van der Waals surface area contributed by atoms with E-state index in [0.717, 1.165) is 54.9 Å². The molecule has 1 saturated heterocycles. The van der Waals surface area contributed by atoms with Gasteiger partial charge in [-0.25, -0.2) is 9.78 Å². The molecule has 2 amide bonds. The fraction of sp³-hybridized carbons (Fsp3) is 0.500. The van der Waals surface area contributed by atoms with Crippen LogP contribution in [0, 0.1) is 0 Å². The molecule has 2 aliphatic heterocycles. The normalized spacial score (nSPS) is 20.6. The Kier molecular flexibility index (Phi) is 5.82. The molecule has 1 atom stereocenters. The Morgan fingerprint density at radius 3 is 2.77 bits per heavy atom. The van der Waals surface area contributed by atoms with Crippen LogP contribution < -0.4 is 19.5 Å². The zero-order valence-electron chi connectivity index (χ0n) is 17.7. The molecule has 2 aromatic rings. The first-order chi connectivity index (χ1) is 15.3. The summed E-state index contributed by atoms with van der Waals surface area (Å²) in [7, 11) is 0. The lowest BCUT2D eigenvalue weighted by atomic mass is 10.0. The van der Waals surface area contributed by atoms with E-state index in [2.05, 4.69) is 10.3 Å². The van der Waals surface area contributed by atoms with Gasteiger partial charge in [0.15, 0.2) is 11.5 Å². The number of hydrogen-bond donors (Lipinski definition) is 1. The summed E-state index contributed by atoms with van der Waals surface area (Å²) in [5.74, 6) is 2.19. The summed E-state index contributed by atoms with van der Waals surface area (Å²) in [5.41, 5.74) is 2.08. The van der Waals surface area contributed by atoms with Gasteiger partial charge in [-0.1, -0.05) is 6.07 Å². The molecule has 1 unspecified atom stereocenters. The highest BCUT2D eigenvalue weighted by molar-refractivity contribution is 5.75. The second kappa shape index (κ2) is 9.04. The van der Waals surface area contributed by atoms with Crippen LogP contribution in [0.2, 0.25) is 0 Å². The third-order valence-electron chi connectivity index (χ3n) is 6.30. The number of amides is 2. The molecule has 1 N–H and O–H groups in total. The number of hydrogen-bond acceptors (Lipinski definition) is 5. The molecular formula is C24H29N3O4. The fourth-order valence-corrected chi connectivity index (χ4v) is 4.70. The Bertz CT molecular complexity index is 929. The van der Waals surface area contributed by atoms with Crippen molar-refractivity contribution in [3.8, 4) is 17.4 Å². The first kappa shape index (κ1) is 20.0. The Balaban J connectivity index is 1.21. The van der Waals surface area contributed by atoms with Crippen LogP contribution >= 0.6 is 0 Å². The number of urea groups is 1. The van der Waals surface area contributed by atoms with Crippen molar-refractivity contribution in [1.82, 2.24) is 15.2 Å². The van der Waals surface area contributed by atoms with Crippen molar-refractivity contribution in [3.63, 3.8) is 0 Å². The topological polar surface area (TPSA) is 72.9 Å². The van der Waals surface area contributed by atoms with Gasteiger partial charge in [-0.05, 0) is 67.9 Å². The van der Waals surface area contributed by atoms with E-state index >= 15 is 0 Å². The Hall–Kier alpha value is -2.96. The first-order valence-electron chi connectivity index (χ1n) is 11.3. The summed E-state index contributed by atoms with van der Waals surface area (Å²) in [4.78, 5) is 19.2. The van der Waals surface area contributed by atoms with Gasteiger partial charge < -0.3 is 24.4 Å². The van der Waals surface area contributed by atoms with Crippen molar-refractivity contribution in [2.75, 3.05) is 19.8 Å². The number of pyridine rings is 1. The van der Waals surface area contributed by atoms with Crippen LogP contribution in [0.3, 0.4) is 0 Å².